The quantitative estimate of drug-likeness (QED) is 0.729. The van der Waals surface area contributed by atoms with Gasteiger partial charge in [0.05, 0.1) is 6.54 Å². The lowest BCUT2D eigenvalue weighted by Gasteiger charge is -2.28. The molecule has 0 aliphatic heterocycles. The minimum atomic E-state index is -0.614. The van der Waals surface area contributed by atoms with Gasteiger partial charge in [0.15, 0.2) is 5.76 Å². The van der Waals surface area contributed by atoms with Gasteiger partial charge in [-0.3, -0.25) is 4.79 Å². The van der Waals surface area contributed by atoms with E-state index in [4.69, 9.17) is 10.2 Å². The van der Waals surface area contributed by atoms with Crippen molar-refractivity contribution in [3.63, 3.8) is 0 Å². The molecule has 0 saturated heterocycles. The minimum Gasteiger partial charge on any atom is -0.454 e. The molecule has 1 aliphatic rings. The molecule has 1 aromatic heterocycles. The number of hydrogen-bond donors (Lipinski definition) is 3. The predicted octanol–water partition coefficient (Wildman–Crippen LogP) is 2.54. The average Bonchev–Trinajstić information content (AvgIpc) is 2.86. The van der Waals surface area contributed by atoms with E-state index in [1.165, 1.54) is 31.7 Å². The lowest BCUT2D eigenvalue weighted by Crippen LogP contribution is -2.41. The second-order valence-corrected chi connectivity index (χ2v) is 6.39. The Labute approximate surface area is 130 Å². The second kappa shape index (κ2) is 7.33. The molecule has 1 fully saturated rings. The Morgan fingerprint density at radius 1 is 1.18 bits per heavy atom. The molecule has 1 aliphatic carbocycles. The molecule has 22 heavy (non-hydrogen) atoms. The number of urea groups is 1. The summed E-state index contributed by atoms with van der Waals surface area (Å²) in [5.74, 6) is -0.00945. The molecule has 4 N–H and O–H groups in total. The van der Waals surface area contributed by atoms with Gasteiger partial charge in [0.1, 0.15) is 5.76 Å². The van der Waals surface area contributed by atoms with E-state index < -0.39 is 5.91 Å². The van der Waals surface area contributed by atoms with Crippen LogP contribution in [0.25, 0.3) is 0 Å². The summed E-state index contributed by atoms with van der Waals surface area (Å²) >= 11 is 0. The number of nitrogens with one attached hydrogen (secondary N) is 2. The standard InChI is InChI=1S/C16H25N3O3/c1-16(8-4-2-3-5-9-16)11-19-15(21)18-10-12-6-7-13(22-12)14(17)20/h6-7H,2-5,8-11H2,1H3,(H2,17,20)(H2,18,19,21). The molecule has 2 rings (SSSR count). The number of hydrogen-bond acceptors (Lipinski definition) is 3. The average molecular weight is 307 g/mol. The first-order valence-electron chi connectivity index (χ1n) is 7.89. The first-order chi connectivity index (χ1) is 10.5. The normalized spacial score (nSPS) is 17.5. The van der Waals surface area contributed by atoms with Crippen molar-refractivity contribution in [2.75, 3.05) is 6.54 Å². The molecule has 6 nitrogen and oxygen atoms in total. The van der Waals surface area contributed by atoms with Crippen molar-refractivity contribution in [3.05, 3.63) is 23.7 Å². The molecular formula is C16H25N3O3. The third kappa shape index (κ3) is 4.79. The van der Waals surface area contributed by atoms with E-state index in [2.05, 4.69) is 17.6 Å². The number of nitrogens with two attached hydrogens (primary N) is 1. The molecule has 122 valence electrons. The second-order valence-electron chi connectivity index (χ2n) is 6.39. The van der Waals surface area contributed by atoms with E-state index >= 15 is 0 Å². The summed E-state index contributed by atoms with van der Waals surface area (Å²) in [5.41, 5.74) is 5.30. The molecule has 1 heterocycles. The highest BCUT2D eigenvalue weighted by Crippen LogP contribution is 2.33. The van der Waals surface area contributed by atoms with Crippen LogP contribution >= 0.6 is 0 Å². The van der Waals surface area contributed by atoms with Crippen LogP contribution in [0.1, 0.15) is 61.8 Å². The lowest BCUT2D eigenvalue weighted by molar-refractivity contribution is 0.0972. The number of rotatable bonds is 5. The maximum absolute atomic E-state index is 11.9. The van der Waals surface area contributed by atoms with Crippen molar-refractivity contribution in [1.29, 1.82) is 0 Å². The lowest BCUT2D eigenvalue weighted by atomic mass is 9.82. The minimum absolute atomic E-state index is 0.100. The molecule has 0 radical (unpaired) electrons. The van der Waals surface area contributed by atoms with E-state index in [0.29, 0.717) is 12.3 Å². The summed E-state index contributed by atoms with van der Waals surface area (Å²) in [4.78, 5) is 22.8. The largest absolute Gasteiger partial charge is 0.454 e. The summed E-state index contributed by atoms with van der Waals surface area (Å²) in [5, 5.41) is 5.66. The van der Waals surface area contributed by atoms with E-state index in [1.54, 1.807) is 6.07 Å². The summed E-state index contributed by atoms with van der Waals surface area (Å²) < 4.78 is 5.21. The topological polar surface area (TPSA) is 97.4 Å². The van der Waals surface area contributed by atoms with Gasteiger partial charge in [-0.2, -0.15) is 0 Å². The molecule has 0 spiro atoms. The number of furan rings is 1. The van der Waals surface area contributed by atoms with Crippen LogP contribution in [0, 0.1) is 5.41 Å². The highest BCUT2D eigenvalue weighted by Gasteiger charge is 2.25. The first kappa shape index (κ1) is 16.4. The van der Waals surface area contributed by atoms with E-state index in [1.807, 2.05) is 0 Å². The Kier molecular flexibility index (Phi) is 5.46. The Balaban J connectivity index is 1.74. The third-order valence-electron chi connectivity index (χ3n) is 4.31. The van der Waals surface area contributed by atoms with Crippen LogP contribution in [-0.4, -0.2) is 18.5 Å². The molecule has 1 saturated carbocycles. The van der Waals surface area contributed by atoms with Crippen molar-refractivity contribution in [2.24, 2.45) is 11.1 Å². The van der Waals surface area contributed by atoms with Crippen LogP contribution in [0.5, 0.6) is 0 Å². The molecule has 0 unspecified atom stereocenters. The Morgan fingerprint density at radius 2 is 1.86 bits per heavy atom. The Hall–Kier alpha value is -1.98. The third-order valence-corrected chi connectivity index (χ3v) is 4.31. The van der Waals surface area contributed by atoms with Crippen LogP contribution in [0.3, 0.4) is 0 Å². The van der Waals surface area contributed by atoms with E-state index in [-0.39, 0.29) is 23.8 Å². The first-order valence-corrected chi connectivity index (χ1v) is 7.89. The molecule has 1 aromatic rings. The van der Waals surface area contributed by atoms with Gasteiger partial charge >= 0.3 is 6.03 Å². The highest BCUT2D eigenvalue weighted by molar-refractivity contribution is 5.89. The smallest absolute Gasteiger partial charge is 0.315 e. The van der Waals surface area contributed by atoms with Gasteiger partial charge < -0.3 is 20.8 Å². The zero-order valence-corrected chi connectivity index (χ0v) is 13.1. The van der Waals surface area contributed by atoms with Crippen LogP contribution in [0.15, 0.2) is 16.5 Å². The van der Waals surface area contributed by atoms with Crippen molar-refractivity contribution < 1.29 is 14.0 Å². The van der Waals surface area contributed by atoms with Gasteiger partial charge in [0, 0.05) is 6.54 Å². The fourth-order valence-corrected chi connectivity index (χ4v) is 2.89. The van der Waals surface area contributed by atoms with E-state index in [9.17, 15) is 9.59 Å². The number of amides is 3. The van der Waals surface area contributed by atoms with Crippen LogP contribution < -0.4 is 16.4 Å². The molecule has 6 heteroatoms. The highest BCUT2D eigenvalue weighted by atomic mass is 16.4. The maximum atomic E-state index is 11.9. The Bertz CT molecular complexity index is 516. The van der Waals surface area contributed by atoms with Gasteiger partial charge in [0.2, 0.25) is 0 Å². The summed E-state index contributed by atoms with van der Waals surface area (Å²) in [6, 6.07) is 2.92. The number of carbonyl (C=O) groups excluding carboxylic acids is 2. The maximum Gasteiger partial charge on any atom is 0.315 e. The van der Waals surface area contributed by atoms with Crippen molar-refractivity contribution >= 4 is 11.9 Å². The van der Waals surface area contributed by atoms with Crippen molar-refractivity contribution in [2.45, 2.75) is 52.0 Å². The van der Waals surface area contributed by atoms with Crippen LogP contribution in [0.4, 0.5) is 4.79 Å². The predicted molar refractivity (Wildman–Crippen MR) is 83.3 cm³/mol. The van der Waals surface area contributed by atoms with Crippen LogP contribution in [-0.2, 0) is 6.54 Å². The van der Waals surface area contributed by atoms with Gasteiger partial charge in [-0.1, -0.05) is 32.6 Å². The number of primary amides is 1. The fraction of sp³-hybridized carbons (Fsp3) is 0.625. The fourth-order valence-electron chi connectivity index (χ4n) is 2.89. The monoisotopic (exact) mass is 307 g/mol. The molecule has 0 atom stereocenters. The van der Waals surface area contributed by atoms with Crippen molar-refractivity contribution in [1.82, 2.24) is 10.6 Å². The van der Waals surface area contributed by atoms with Crippen LogP contribution in [0.2, 0.25) is 0 Å². The van der Waals surface area contributed by atoms with Crippen molar-refractivity contribution in [3.8, 4) is 0 Å². The van der Waals surface area contributed by atoms with Gasteiger partial charge in [-0.05, 0) is 30.4 Å². The molecule has 0 aromatic carbocycles. The summed E-state index contributed by atoms with van der Waals surface area (Å²) in [7, 11) is 0. The number of carbonyl (C=O) groups is 2. The SMILES string of the molecule is CC1(CNC(=O)NCc2ccc(C(N)=O)o2)CCCCCC1. The summed E-state index contributed by atoms with van der Waals surface area (Å²) in [6.07, 6.45) is 7.38. The van der Waals surface area contributed by atoms with Gasteiger partial charge in [0.25, 0.3) is 5.91 Å². The van der Waals surface area contributed by atoms with Gasteiger partial charge in [-0.25, -0.2) is 4.79 Å². The van der Waals surface area contributed by atoms with Gasteiger partial charge in [-0.15, -0.1) is 0 Å². The molecular weight excluding hydrogens is 282 g/mol. The Morgan fingerprint density at radius 3 is 2.45 bits per heavy atom. The molecule has 0 bridgehead atoms. The zero-order valence-electron chi connectivity index (χ0n) is 13.1. The molecule has 3 amide bonds. The summed E-state index contributed by atoms with van der Waals surface area (Å²) in [6.45, 7) is 3.16. The zero-order chi connectivity index (χ0) is 16.0. The van der Waals surface area contributed by atoms with E-state index in [0.717, 1.165) is 12.8 Å².